The molecular weight excluding hydrogens is 472 g/mol. The van der Waals surface area contributed by atoms with Gasteiger partial charge in [0.2, 0.25) is 0 Å². The molecular formula is C34H44O4. The minimum atomic E-state index is -0.522. The first-order valence-corrected chi connectivity index (χ1v) is 14.2. The van der Waals surface area contributed by atoms with E-state index in [2.05, 4.69) is 63.2 Å². The first kappa shape index (κ1) is 28.1. The van der Waals surface area contributed by atoms with Gasteiger partial charge in [0.25, 0.3) is 0 Å². The molecule has 0 spiro atoms. The van der Waals surface area contributed by atoms with Crippen LogP contribution in [-0.4, -0.2) is 24.8 Å². The largest absolute Gasteiger partial charge is 0.493 e. The molecule has 4 nitrogen and oxygen atoms in total. The van der Waals surface area contributed by atoms with Gasteiger partial charge in [0.05, 0.1) is 13.2 Å². The van der Waals surface area contributed by atoms with Gasteiger partial charge in [-0.3, -0.25) is 9.59 Å². The predicted octanol–water partition coefficient (Wildman–Crippen LogP) is 7.90. The summed E-state index contributed by atoms with van der Waals surface area (Å²) in [6.45, 7) is 15.3. The molecule has 1 fully saturated rings. The van der Waals surface area contributed by atoms with Gasteiger partial charge in [0.15, 0.2) is 0 Å². The van der Waals surface area contributed by atoms with Crippen LogP contribution in [0.1, 0.15) is 95.4 Å². The van der Waals surface area contributed by atoms with Gasteiger partial charge in [-0.2, -0.15) is 0 Å². The topological polar surface area (TPSA) is 52.6 Å². The van der Waals surface area contributed by atoms with Gasteiger partial charge in [0.1, 0.15) is 23.1 Å². The first-order valence-electron chi connectivity index (χ1n) is 14.2. The number of carbonyl (C=O) groups is 2. The van der Waals surface area contributed by atoms with Crippen LogP contribution in [0.5, 0.6) is 11.5 Å². The third kappa shape index (κ3) is 5.75. The highest BCUT2D eigenvalue weighted by atomic mass is 16.5. The molecule has 2 aliphatic rings. The van der Waals surface area contributed by atoms with Crippen molar-refractivity contribution in [2.75, 3.05) is 13.2 Å². The molecule has 204 valence electrons. The molecule has 2 aromatic rings. The molecule has 2 atom stereocenters. The molecule has 1 saturated carbocycles. The molecule has 2 aliphatic carbocycles. The number of ketones is 2. The molecule has 0 aliphatic heterocycles. The van der Waals surface area contributed by atoms with E-state index in [-0.39, 0.29) is 28.8 Å². The number of Topliss-reactive ketones (excluding diaryl/α,β-unsaturated/α-hetero) is 2. The Labute approximate surface area is 228 Å². The molecule has 0 heterocycles. The molecule has 4 heteroatoms. The molecule has 0 radical (unpaired) electrons. The van der Waals surface area contributed by atoms with Crippen LogP contribution in [0.3, 0.4) is 0 Å². The Kier molecular flexibility index (Phi) is 8.20. The lowest BCUT2D eigenvalue weighted by Gasteiger charge is -2.52. The highest BCUT2D eigenvalue weighted by molar-refractivity contribution is 5.92. The lowest BCUT2D eigenvalue weighted by molar-refractivity contribution is -0.147. The summed E-state index contributed by atoms with van der Waals surface area (Å²) in [6.07, 6.45) is 5.70. The van der Waals surface area contributed by atoms with E-state index in [1.165, 1.54) is 16.7 Å². The lowest BCUT2D eigenvalue weighted by Crippen LogP contribution is -2.49. The van der Waals surface area contributed by atoms with Crippen molar-refractivity contribution >= 4 is 17.6 Å². The second-order valence-corrected chi connectivity index (χ2v) is 12.3. The van der Waals surface area contributed by atoms with Gasteiger partial charge in [-0.05, 0) is 93.5 Å². The average Bonchev–Trinajstić information content (AvgIpc) is 3.26. The van der Waals surface area contributed by atoms with Crippen LogP contribution >= 0.6 is 0 Å². The summed E-state index contributed by atoms with van der Waals surface area (Å²) in [7, 11) is 0. The van der Waals surface area contributed by atoms with E-state index in [0.29, 0.717) is 26.1 Å². The maximum atomic E-state index is 14.2. The fourth-order valence-corrected chi connectivity index (χ4v) is 6.87. The minimum Gasteiger partial charge on any atom is -0.493 e. The minimum absolute atomic E-state index is 0.0526. The van der Waals surface area contributed by atoms with Crippen molar-refractivity contribution in [3.63, 3.8) is 0 Å². The van der Waals surface area contributed by atoms with Crippen LogP contribution in [0.4, 0.5) is 0 Å². The van der Waals surface area contributed by atoms with Crippen LogP contribution in [-0.2, 0) is 16.0 Å². The molecule has 4 rings (SSSR count). The number of hydrogen-bond acceptors (Lipinski definition) is 4. The number of allylic oxidation sites excluding steroid dienone is 1. The molecule has 0 saturated heterocycles. The van der Waals surface area contributed by atoms with Gasteiger partial charge >= 0.3 is 0 Å². The zero-order valence-electron chi connectivity index (χ0n) is 24.3. The zero-order chi connectivity index (χ0) is 27.7. The second kappa shape index (κ2) is 11.1. The van der Waals surface area contributed by atoms with Gasteiger partial charge in [-0.15, -0.1) is 0 Å². The third-order valence-electron chi connectivity index (χ3n) is 8.68. The number of carbonyl (C=O) groups excluding carboxylic acids is 2. The van der Waals surface area contributed by atoms with E-state index in [1.807, 2.05) is 20.8 Å². The molecule has 0 bridgehead atoms. The number of benzene rings is 2. The molecule has 38 heavy (non-hydrogen) atoms. The number of fused-ring (bicyclic) bond motifs is 1. The normalized spacial score (nSPS) is 18.6. The Balaban J connectivity index is 1.68. The fraction of sp³-hybridized carbons (Fsp3) is 0.529. The summed E-state index contributed by atoms with van der Waals surface area (Å²) in [4.78, 5) is 27.0. The summed E-state index contributed by atoms with van der Waals surface area (Å²) in [5, 5.41) is 0. The number of ether oxygens (including phenoxy) is 2. The van der Waals surface area contributed by atoms with Crippen LogP contribution in [0, 0.1) is 23.7 Å². The number of rotatable bonds is 12. The van der Waals surface area contributed by atoms with E-state index in [0.717, 1.165) is 41.9 Å². The Morgan fingerprint density at radius 2 is 1.61 bits per heavy atom. The van der Waals surface area contributed by atoms with Gasteiger partial charge in [0, 0.05) is 23.3 Å². The van der Waals surface area contributed by atoms with Crippen molar-refractivity contribution in [2.24, 2.45) is 16.7 Å². The van der Waals surface area contributed by atoms with Crippen LogP contribution in [0.2, 0.25) is 0 Å². The Morgan fingerprint density at radius 1 is 1.00 bits per heavy atom. The maximum absolute atomic E-state index is 14.2. The summed E-state index contributed by atoms with van der Waals surface area (Å²) >= 11 is 0. The average molecular weight is 517 g/mol. The van der Waals surface area contributed by atoms with Crippen molar-refractivity contribution in [3.8, 4) is 11.5 Å². The van der Waals surface area contributed by atoms with Crippen LogP contribution < -0.4 is 9.47 Å². The number of hydrogen-bond donors (Lipinski definition) is 0. The van der Waals surface area contributed by atoms with E-state index in [4.69, 9.17) is 9.47 Å². The highest BCUT2D eigenvalue weighted by Crippen LogP contribution is 2.57. The lowest BCUT2D eigenvalue weighted by atomic mass is 9.50. The van der Waals surface area contributed by atoms with Crippen LogP contribution in [0.25, 0.3) is 6.08 Å². The first-order chi connectivity index (χ1) is 18.0. The van der Waals surface area contributed by atoms with Crippen molar-refractivity contribution in [1.82, 2.24) is 0 Å². The standard InChI is InChI=1S/C34H44O4/c1-8-37-31-17-28(18-32(23(31)4)38-9-2)22(3)29(16-25-14-26-12-10-11-13-27(26)15-25)30(36)19-34(24(5)35)20-33(6,7)21-34/h10-14,17-18,22,29H,8-9,15-16,19-21H2,1-7H3/t22-,29?/m1/s1. The molecule has 2 aromatic carbocycles. The van der Waals surface area contributed by atoms with Gasteiger partial charge in [-0.1, -0.05) is 56.7 Å². The highest BCUT2D eigenvalue weighted by Gasteiger charge is 2.53. The van der Waals surface area contributed by atoms with Gasteiger partial charge < -0.3 is 9.47 Å². The molecule has 0 N–H and O–H groups in total. The monoisotopic (exact) mass is 516 g/mol. The van der Waals surface area contributed by atoms with E-state index >= 15 is 0 Å². The molecule has 0 aromatic heterocycles. The van der Waals surface area contributed by atoms with E-state index < -0.39 is 5.41 Å². The Hall–Kier alpha value is -2.88. The van der Waals surface area contributed by atoms with Crippen molar-refractivity contribution in [3.05, 3.63) is 64.2 Å². The second-order valence-electron chi connectivity index (χ2n) is 12.3. The summed E-state index contributed by atoms with van der Waals surface area (Å²) in [5.41, 5.74) is 5.45. The summed E-state index contributed by atoms with van der Waals surface area (Å²) < 4.78 is 11.9. The van der Waals surface area contributed by atoms with Crippen molar-refractivity contribution in [1.29, 1.82) is 0 Å². The van der Waals surface area contributed by atoms with E-state index in [1.54, 1.807) is 6.92 Å². The quantitative estimate of drug-likeness (QED) is 0.288. The van der Waals surface area contributed by atoms with E-state index in [9.17, 15) is 9.59 Å². The summed E-state index contributed by atoms with van der Waals surface area (Å²) in [5.74, 6) is 1.67. The predicted molar refractivity (Wildman–Crippen MR) is 154 cm³/mol. The van der Waals surface area contributed by atoms with Crippen LogP contribution in [0.15, 0.2) is 42.0 Å². The Morgan fingerprint density at radius 3 is 2.13 bits per heavy atom. The van der Waals surface area contributed by atoms with Crippen molar-refractivity contribution in [2.45, 2.75) is 86.5 Å². The molecule has 1 unspecified atom stereocenters. The smallest absolute Gasteiger partial charge is 0.137 e. The SMILES string of the molecule is CCOc1cc([C@@H](C)C(CC2=Cc3ccccc3C2)C(=O)CC2(C(C)=O)CC(C)(C)C2)cc(OCC)c1C. The van der Waals surface area contributed by atoms with Crippen molar-refractivity contribution < 1.29 is 19.1 Å². The van der Waals surface area contributed by atoms with Gasteiger partial charge in [-0.25, -0.2) is 0 Å². The maximum Gasteiger partial charge on any atom is 0.137 e. The fourth-order valence-electron chi connectivity index (χ4n) is 6.87. The third-order valence-corrected chi connectivity index (χ3v) is 8.68. The zero-order valence-corrected chi connectivity index (χ0v) is 24.3. The molecule has 0 amide bonds. The summed E-state index contributed by atoms with van der Waals surface area (Å²) in [6, 6.07) is 12.6. The Bertz CT molecular complexity index is 1200.